The van der Waals surface area contributed by atoms with Crippen molar-refractivity contribution in [1.82, 2.24) is 14.5 Å². The number of nitrogens with one attached hydrogen (secondary N) is 1. The van der Waals surface area contributed by atoms with Crippen LogP contribution in [0, 0.1) is 0 Å². The first kappa shape index (κ1) is 15.0. The third-order valence-electron chi connectivity index (χ3n) is 3.00. The molecule has 1 N–H and O–H groups in total. The van der Waals surface area contributed by atoms with Crippen molar-refractivity contribution in [2.75, 3.05) is 18.5 Å². The number of carbonyl (C=O) groups excluding carboxylic acids is 1. The van der Waals surface area contributed by atoms with E-state index in [4.69, 9.17) is 4.74 Å². The monoisotopic (exact) mass is 288 g/mol. The van der Waals surface area contributed by atoms with Crippen molar-refractivity contribution in [3.05, 3.63) is 42.6 Å². The molecule has 0 radical (unpaired) electrons. The molecule has 0 fully saturated rings. The number of hydrogen-bond acceptors (Lipinski definition) is 5. The maximum absolute atomic E-state index is 11.8. The molecule has 0 aliphatic rings. The Hall–Kier alpha value is -2.37. The van der Waals surface area contributed by atoms with Crippen molar-refractivity contribution in [2.24, 2.45) is 0 Å². The number of nitrogens with zero attached hydrogens (tertiary/aromatic N) is 3. The number of unbranched alkanes of at least 4 members (excludes halogenated alkanes) is 1. The summed E-state index contributed by atoms with van der Waals surface area (Å²) in [7, 11) is 0. The minimum atomic E-state index is -0.341. The molecule has 0 atom stereocenters. The van der Waals surface area contributed by atoms with Gasteiger partial charge >= 0.3 is 5.97 Å². The number of pyridine rings is 1. The number of ether oxygens (including phenoxy) is 1. The Bertz CT molecular complexity index is 555. The van der Waals surface area contributed by atoms with Gasteiger partial charge in [-0.15, -0.1) is 0 Å². The lowest BCUT2D eigenvalue weighted by atomic mass is 10.2. The smallest absolute Gasteiger partial charge is 0.341 e. The van der Waals surface area contributed by atoms with Gasteiger partial charge in [-0.2, -0.15) is 0 Å². The van der Waals surface area contributed by atoms with Crippen LogP contribution in [0.2, 0.25) is 0 Å². The molecule has 0 bridgehead atoms. The van der Waals surface area contributed by atoms with E-state index < -0.39 is 0 Å². The SMILES string of the molecule is CCOC(=O)c1cccnc1NCCCCn1ccnc1. The molecule has 0 saturated heterocycles. The fourth-order valence-corrected chi connectivity index (χ4v) is 1.96. The highest BCUT2D eigenvalue weighted by atomic mass is 16.5. The van der Waals surface area contributed by atoms with Crippen LogP contribution in [-0.2, 0) is 11.3 Å². The zero-order valence-electron chi connectivity index (χ0n) is 12.2. The highest BCUT2D eigenvalue weighted by Crippen LogP contribution is 2.13. The first-order chi connectivity index (χ1) is 10.3. The molecule has 0 aliphatic heterocycles. The van der Waals surface area contributed by atoms with Gasteiger partial charge < -0.3 is 14.6 Å². The van der Waals surface area contributed by atoms with E-state index in [9.17, 15) is 4.79 Å². The molecule has 0 spiro atoms. The second-order valence-electron chi connectivity index (χ2n) is 4.55. The van der Waals surface area contributed by atoms with Gasteiger partial charge in [-0.3, -0.25) is 0 Å². The Kier molecular flexibility index (Phi) is 5.75. The van der Waals surface area contributed by atoms with Gasteiger partial charge in [0.1, 0.15) is 11.4 Å². The minimum Gasteiger partial charge on any atom is -0.462 e. The summed E-state index contributed by atoms with van der Waals surface area (Å²) >= 11 is 0. The quantitative estimate of drug-likeness (QED) is 0.596. The number of rotatable bonds is 8. The molecule has 6 heteroatoms. The van der Waals surface area contributed by atoms with E-state index in [1.54, 1.807) is 31.5 Å². The molecule has 112 valence electrons. The Balaban J connectivity index is 1.78. The summed E-state index contributed by atoms with van der Waals surface area (Å²) in [5.74, 6) is 0.241. The highest BCUT2D eigenvalue weighted by Gasteiger charge is 2.12. The van der Waals surface area contributed by atoms with Gasteiger partial charge in [0.15, 0.2) is 0 Å². The fraction of sp³-hybridized carbons (Fsp3) is 0.400. The summed E-state index contributed by atoms with van der Waals surface area (Å²) < 4.78 is 7.06. The second-order valence-corrected chi connectivity index (χ2v) is 4.55. The number of hydrogen-bond donors (Lipinski definition) is 1. The number of imidazole rings is 1. The minimum absolute atomic E-state index is 0.341. The van der Waals surface area contributed by atoms with Gasteiger partial charge in [-0.1, -0.05) is 0 Å². The van der Waals surface area contributed by atoms with Crippen molar-refractivity contribution >= 4 is 11.8 Å². The van der Waals surface area contributed by atoms with E-state index in [0.29, 0.717) is 18.0 Å². The molecule has 0 amide bonds. The van der Waals surface area contributed by atoms with Crippen LogP contribution in [0.25, 0.3) is 0 Å². The molecule has 2 rings (SSSR count). The first-order valence-corrected chi connectivity index (χ1v) is 7.13. The molecule has 2 aromatic heterocycles. The van der Waals surface area contributed by atoms with E-state index in [1.807, 2.05) is 17.1 Å². The molecule has 6 nitrogen and oxygen atoms in total. The van der Waals surface area contributed by atoms with Crippen LogP contribution in [0.3, 0.4) is 0 Å². The molecule has 21 heavy (non-hydrogen) atoms. The summed E-state index contributed by atoms with van der Waals surface area (Å²) in [6.45, 7) is 3.85. The summed E-state index contributed by atoms with van der Waals surface area (Å²) in [4.78, 5) is 20.0. The van der Waals surface area contributed by atoms with Crippen LogP contribution >= 0.6 is 0 Å². The third kappa shape index (κ3) is 4.59. The van der Waals surface area contributed by atoms with Crippen molar-refractivity contribution in [3.8, 4) is 0 Å². The van der Waals surface area contributed by atoms with Gasteiger partial charge in [0.25, 0.3) is 0 Å². The predicted molar refractivity (Wildman–Crippen MR) is 80.1 cm³/mol. The number of anilines is 1. The average Bonchev–Trinajstić information content (AvgIpc) is 3.01. The Morgan fingerprint density at radius 3 is 3.05 bits per heavy atom. The summed E-state index contributed by atoms with van der Waals surface area (Å²) in [6.07, 6.45) is 9.21. The number of esters is 1. The summed E-state index contributed by atoms with van der Waals surface area (Å²) in [5.41, 5.74) is 0.481. The van der Waals surface area contributed by atoms with Crippen molar-refractivity contribution in [3.63, 3.8) is 0 Å². The third-order valence-corrected chi connectivity index (χ3v) is 3.00. The van der Waals surface area contributed by atoms with E-state index >= 15 is 0 Å². The van der Waals surface area contributed by atoms with E-state index in [1.165, 1.54) is 0 Å². The van der Waals surface area contributed by atoms with Crippen LogP contribution in [0.4, 0.5) is 5.82 Å². The van der Waals surface area contributed by atoms with E-state index in [0.717, 1.165) is 25.9 Å². The summed E-state index contributed by atoms with van der Waals surface area (Å²) in [6, 6.07) is 3.45. The molecule has 0 aromatic carbocycles. The topological polar surface area (TPSA) is 69.0 Å². The molecule has 0 saturated carbocycles. The van der Waals surface area contributed by atoms with Crippen LogP contribution in [0.15, 0.2) is 37.1 Å². The second kappa shape index (κ2) is 8.04. The standard InChI is InChI=1S/C15H20N4O2/c1-2-21-15(20)13-6-5-8-18-14(13)17-7-3-4-10-19-11-9-16-12-19/h5-6,8-9,11-12H,2-4,7,10H2,1H3,(H,17,18). The van der Waals surface area contributed by atoms with Crippen LogP contribution in [0.5, 0.6) is 0 Å². The first-order valence-electron chi connectivity index (χ1n) is 7.13. The highest BCUT2D eigenvalue weighted by molar-refractivity contribution is 5.94. The van der Waals surface area contributed by atoms with Gasteiger partial charge in [0.2, 0.25) is 0 Å². The van der Waals surface area contributed by atoms with Crippen molar-refractivity contribution < 1.29 is 9.53 Å². The largest absolute Gasteiger partial charge is 0.462 e. The summed E-state index contributed by atoms with van der Waals surface area (Å²) in [5, 5.41) is 3.20. The number of aryl methyl sites for hydroxylation is 1. The lowest BCUT2D eigenvalue weighted by Gasteiger charge is -2.10. The average molecular weight is 288 g/mol. The van der Waals surface area contributed by atoms with Crippen LogP contribution in [0.1, 0.15) is 30.1 Å². The fourth-order valence-electron chi connectivity index (χ4n) is 1.96. The van der Waals surface area contributed by atoms with Gasteiger partial charge in [0.05, 0.1) is 12.9 Å². The van der Waals surface area contributed by atoms with Crippen LogP contribution in [-0.4, -0.2) is 33.7 Å². The van der Waals surface area contributed by atoms with Gasteiger partial charge in [0, 0.05) is 31.7 Å². The Labute approximate surface area is 124 Å². The zero-order chi connectivity index (χ0) is 14.9. The van der Waals surface area contributed by atoms with E-state index in [2.05, 4.69) is 15.3 Å². The Morgan fingerprint density at radius 1 is 1.38 bits per heavy atom. The lowest BCUT2D eigenvalue weighted by molar-refractivity contribution is 0.0527. The van der Waals surface area contributed by atoms with Crippen molar-refractivity contribution in [2.45, 2.75) is 26.3 Å². The molecular weight excluding hydrogens is 268 g/mol. The maximum atomic E-state index is 11.8. The van der Waals surface area contributed by atoms with Gasteiger partial charge in [-0.25, -0.2) is 14.8 Å². The number of carbonyl (C=O) groups is 1. The predicted octanol–water partition coefficient (Wildman–Crippen LogP) is 2.35. The molecule has 0 unspecified atom stereocenters. The molecular formula is C15H20N4O2. The Morgan fingerprint density at radius 2 is 2.29 bits per heavy atom. The maximum Gasteiger partial charge on any atom is 0.341 e. The van der Waals surface area contributed by atoms with Crippen LogP contribution < -0.4 is 5.32 Å². The number of aromatic nitrogens is 3. The normalized spacial score (nSPS) is 10.3. The molecule has 0 aliphatic carbocycles. The lowest BCUT2D eigenvalue weighted by Crippen LogP contribution is -2.12. The molecule has 2 aromatic rings. The van der Waals surface area contributed by atoms with Crippen molar-refractivity contribution in [1.29, 1.82) is 0 Å². The van der Waals surface area contributed by atoms with E-state index in [-0.39, 0.29) is 5.97 Å². The zero-order valence-corrected chi connectivity index (χ0v) is 12.2. The van der Waals surface area contributed by atoms with Gasteiger partial charge in [-0.05, 0) is 31.9 Å². The molecule has 2 heterocycles.